The van der Waals surface area contributed by atoms with Crippen molar-refractivity contribution in [1.29, 1.82) is 0 Å². The third-order valence-electron chi connectivity index (χ3n) is 3.21. The Morgan fingerprint density at radius 3 is 2.95 bits per heavy atom. The van der Waals surface area contributed by atoms with Gasteiger partial charge in [0, 0.05) is 24.7 Å². The standard InChI is InChI=1S/C16H20N2O3/c1-11-9-14(13-5-3-4-6-15(13)18-11)16(20)17-8-7-12(19)10-21-2/h3-6,9,12,19H,7-8,10H2,1-2H3,(H,17,20). The third-order valence-corrected chi connectivity index (χ3v) is 3.21. The minimum atomic E-state index is -0.564. The maximum atomic E-state index is 12.3. The zero-order valence-corrected chi connectivity index (χ0v) is 12.3. The molecule has 1 heterocycles. The third kappa shape index (κ3) is 4.00. The minimum absolute atomic E-state index is 0.152. The Labute approximate surface area is 124 Å². The van der Waals surface area contributed by atoms with E-state index in [4.69, 9.17) is 4.74 Å². The summed E-state index contributed by atoms with van der Waals surface area (Å²) in [6.07, 6.45) is -0.104. The molecule has 0 aliphatic rings. The topological polar surface area (TPSA) is 71.5 Å². The maximum Gasteiger partial charge on any atom is 0.252 e. The number of pyridine rings is 1. The fraction of sp³-hybridized carbons (Fsp3) is 0.375. The van der Waals surface area contributed by atoms with E-state index in [1.54, 1.807) is 6.07 Å². The van der Waals surface area contributed by atoms with Crippen LogP contribution < -0.4 is 5.32 Å². The van der Waals surface area contributed by atoms with Crippen LogP contribution in [-0.2, 0) is 4.74 Å². The Kier molecular flexibility index (Phi) is 5.25. The van der Waals surface area contributed by atoms with Crippen LogP contribution >= 0.6 is 0 Å². The lowest BCUT2D eigenvalue weighted by atomic mass is 10.1. The predicted octanol–water partition coefficient (Wildman–Crippen LogP) is 1.67. The van der Waals surface area contributed by atoms with Gasteiger partial charge in [-0.05, 0) is 25.5 Å². The van der Waals surface area contributed by atoms with Crippen LogP contribution in [0.25, 0.3) is 10.9 Å². The van der Waals surface area contributed by atoms with Crippen LogP contribution in [0.2, 0.25) is 0 Å². The summed E-state index contributed by atoms with van der Waals surface area (Å²) in [4.78, 5) is 16.7. The number of nitrogens with zero attached hydrogens (tertiary/aromatic N) is 1. The molecule has 0 bridgehead atoms. The van der Waals surface area contributed by atoms with Crippen molar-refractivity contribution >= 4 is 16.8 Å². The van der Waals surface area contributed by atoms with Gasteiger partial charge in [-0.15, -0.1) is 0 Å². The number of rotatable bonds is 6. The zero-order chi connectivity index (χ0) is 15.2. The van der Waals surface area contributed by atoms with Gasteiger partial charge in [0.1, 0.15) is 0 Å². The molecule has 0 spiro atoms. The average molecular weight is 288 g/mol. The first-order valence-electron chi connectivity index (χ1n) is 6.93. The molecule has 1 atom stereocenters. The van der Waals surface area contributed by atoms with Crippen LogP contribution in [0, 0.1) is 6.92 Å². The summed E-state index contributed by atoms with van der Waals surface area (Å²) in [7, 11) is 1.54. The van der Waals surface area contributed by atoms with Gasteiger partial charge in [0.25, 0.3) is 5.91 Å². The number of methoxy groups -OCH3 is 1. The summed E-state index contributed by atoms with van der Waals surface area (Å²) in [6.45, 7) is 2.54. The van der Waals surface area contributed by atoms with Crippen LogP contribution in [-0.4, -0.2) is 42.4 Å². The predicted molar refractivity (Wildman–Crippen MR) is 81.3 cm³/mol. The molecular formula is C16H20N2O3. The van der Waals surface area contributed by atoms with E-state index in [1.807, 2.05) is 31.2 Å². The quantitative estimate of drug-likeness (QED) is 0.848. The van der Waals surface area contributed by atoms with Crippen molar-refractivity contribution in [3.63, 3.8) is 0 Å². The van der Waals surface area contributed by atoms with Gasteiger partial charge in [-0.3, -0.25) is 9.78 Å². The highest BCUT2D eigenvalue weighted by Gasteiger charge is 2.12. The second-order valence-corrected chi connectivity index (χ2v) is 4.98. The summed E-state index contributed by atoms with van der Waals surface area (Å²) in [5.74, 6) is -0.152. The van der Waals surface area contributed by atoms with Crippen molar-refractivity contribution in [2.24, 2.45) is 0 Å². The smallest absolute Gasteiger partial charge is 0.252 e. The fourth-order valence-electron chi connectivity index (χ4n) is 2.22. The lowest BCUT2D eigenvalue weighted by Crippen LogP contribution is -2.28. The Balaban J connectivity index is 2.09. The van der Waals surface area contributed by atoms with Gasteiger partial charge in [0.2, 0.25) is 0 Å². The number of hydrogen-bond donors (Lipinski definition) is 2. The number of nitrogens with one attached hydrogen (secondary N) is 1. The molecule has 5 heteroatoms. The summed E-state index contributed by atoms with van der Waals surface area (Å²) in [6, 6.07) is 9.34. The molecule has 2 aromatic rings. The number of para-hydroxylation sites is 1. The van der Waals surface area contributed by atoms with E-state index in [2.05, 4.69) is 10.3 Å². The molecule has 0 fully saturated rings. The number of benzene rings is 1. The number of aromatic nitrogens is 1. The van der Waals surface area contributed by atoms with Crippen molar-refractivity contribution in [2.75, 3.05) is 20.3 Å². The van der Waals surface area contributed by atoms with Crippen LogP contribution in [0.5, 0.6) is 0 Å². The molecule has 0 saturated carbocycles. The van der Waals surface area contributed by atoms with Crippen molar-refractivity contribution in [2.45, 2.75) is 19.4 Å². The molecule has 0 aliphatic carbocycles. The first-order valence-corrected chi connectivity index (χ1v) is 6.93. The first kappa shape index (κ1) is 15.4. The molecule has 5 nitrogen and oxygen atoms in total. The molecule has 21 heavy (non-hydrogen) atoms. The van der Waals surface area contributed by atoms with E-state index in [-0.39, 0.29) is 12.5 Å². The van der Waals surface area contributed by atoms with Gasteiger partial charge in [-0.1, -0.05) is 18.2 Å². The second kappa shape index (κ2) is 7.15. The largest absolute Gasteiger partial charge is 0.391 e. The van der Waals surface area contributed by atoms with Crippen molar-refractivity contribution < 1.29 is 14.6 Å². The number of fused-ring (bicyclic) bond motifs is 1. The number of aliphatic hydroxyl groups is 1. The molecule has 1 aromatic heterocycles. The average Bonchev–Trinajstić information content (AvgIpc) is 2.46. The number of aryl methyl sites for hydroxylation is 1. The van der Waals surface area contributed by atoms with Crippen molar-refractivity contribution in [1.82, 2.24) is 10.3 Å². The number of carbonyl (C=O) groups excluding carboxylic acids is 1. The summed E-state index contributed by atoms with van der Waals surface area (Å²) in [5, 5.41) is 13.2. The summed E-state index contributed by atoms with van der Waals surface area (Å²) in [5.41, 5.74) is 2.22. The zero-order valence-electron chi connectivity index (χ0n) is 12.3. The molecule has 0 saturated heterocycles. The molecule has 0 radical (unpaired) electrons. The molecule has 2 N–H and O–H groups in total. The highest BCUT2D eigenvalue weighted by atomic mass is 16.5. The van der Waals surface area contributed by atoms with Crippen LogP contribution in [0.1, 0.15) is 22.5 Å². The van der Waals surface area contributed by atoms with Gasteiger partial charge < -0.3 is 15.2 Å². The lowest BCUT2D eigenvalue weighted by Gasteiger charge is -2.11. The van der Waals surface area contributed by atoms with Crippen LogP contribution in [0.3, 0.4) is 0 Å². The van der Waals surface area contributed by atoms with E-state index < -0.39 is 6.10 Å². The van der Waals surface area contributed by atoms with Crippen LogP contribution in [0.15, 0.2) is 30.3 Å². The Hall–Kier alpha value is -1.98. The number of aliphatic hydroxyl groups excluding tert-OH is 1. The number of ether oxygens (including phenoxy) is 1. The molecular weight excluding hydrogens is 268 g/mol. The first-order chi connectivity index (χ1) is 10.1. The molecule has 1 amide bonds. The molecule has 1 unspecified atom stereocenters. The second-order valence-electron chi connectivity index (χ2n) is 4.98. The minimum Gasteiger partial charge on any atom is -0.391 e. The van der Waals surface area contributed by atoms with E-state index in [9.17, 15) is 9.90 Å². The Bertz CT molecular complexity index is 628. The summed E-state index contributed by atoms with van der Waals surface area (Å²) < 4.78 is 4.85. The van der Waals surface area contributed by atoms with Gasteiger partial charge in [0.15, 0.2) is 0 Å². The molecule has 0 aliphatic heterocycles. The van der Waals surface area contributed by atoms with E-state index >= 15 is 0 Å². The summed E-state index contributed by atoms with van der Waals surface area (Å²) >= 11 is 0. The highest BCUT2D eigenvalue weighted by Crippen LogP contribution is 2.18. The molecule has 112 valence electrons. The van der Waals surface area contributed by atoms with Gasteiger partial charge in [-0.2, -0.15) is 0 Å². The number of hydrogen-bond acceptors (Lipinski definition) is 4. The SMILES string of the molecule is COCC(O)CCNC(=O)c1cc(C)nc2ccccc12. The Morgan fingerprint density at radius 2 is 2.19 bits per heavy atom. The maximum absolute atomic E-state index is 12.3. The van der Waals surface area contributed by atoms with Gasteiger partial charge in [0.05, 0.1) is 23.8 Å². The lowest BCUT2D eigenvalue weighted by molar-refractivity contribution is 0.0588. The number of carbonyl (C=O) groups is 1. The molecule has 2 rings (SSSR count). The highest BCUT2D eigenvalue weighted by molar-refractivity contribution is 6.06. The Morgan fingerprint density at radius 1 is 1.43 bits per heavy atom. The van der Waals surface area contributed by atoms with Crippen molar-refractivity contribution in [3.8, 4) is 0 Å². The van der Waals surface area contributed by atoms with E-state index in [0.29, 0.717) is 18.5 Å². The monoisotopic (exact) mass is 288 g/mol. The number of amides is 1. The van der Waals surface area contributed by atoms with E-state index in [1.165, 1.54) is 7.11 Å². The fourth-order valence-corrected chi connectivity index (χ4v) is 2.22. The van der Waals surface area contributed by atoms with Gasteiger partial charge in [-0.25, -0.2) is 0 Å². The van der Waals surface area contributed by atoms with E-state index in [0.717, 1.165) is 16.6 Å². The van der Waals surface area contributed by atoms with Crippen LogP contribution in [0.4, 0.5) is 0 Å². The van der Waals surface area contributed by atoms with Gasteiger partial charge >= 0.3 is 0 Å². The van der Waals surface area contributed by atoms with Crippen molar-refractivity contribution in [3.05, 3.63) is 41.6 Å². The normalized spacial score (nSPS) is 12.3. The molecule has 1 aromatic carbocycles.